The van der Waals surface area contributed by atoms with E-state index in [0.717, 1.165) is 35.4 Å². The van der Waals surface area contributed by atoms with Gasteiger partial charge in [-0.25, -0.2) is 0 Å². The van der Waals surface area contributed by atoms with E-state index in [-0.39, 0.29) is 29.6 Å². The maximum atomic E-state index is 13.6. The molecule has 0 atom stereocenters. The van der Waals surface area contributed by atoms with Crippen molar-refractivity contribution >= 4 is 22.7 Å². The highest BCUT2D eigenvalue weighted by atomic mass is 32.2. The quantitative estimate of drug-likeness (QED) is 0.546. The first-order valence-corrected chi connectivity index (χ1v) is 10.2. The van der Waals surface area contributed by atoms with Gasteiger partial charge in [0.05, 0.1) is 11.3 Å². The third-order valence-corrected chi connectivity index (χ3v) is 5.05. The van der Waals surface area contributed by atoms with Crippen LogP contribution in [0.2, 0.25) is 0 Å². The minimum Gasteiger partial charge on any atom is -0.489 e. The molecule has 28 heavy (non-hydrogen) atoms. The van der Waals surface area contributed by atoms with Crippen LogP contribution in [-0.4, -0.2) is 18.0 Å². The Balaban J connectivity index is 2.46. The first-order valence-electron chi connectivity index (χ1n) is 8.99. The fourth-order valence-electron chi connectivity index (χ4n) is 3.00. The molecule has 0 aromatic heterocycles. The summed E-state index contributed by atoms with van der Waals surface area (Å²) in [5.41, 5.74) is 1.37. The van der Waals surface area contributed by atoms with E-state index in [1.807, 2.05) is 26.0 Å². The van der Waals surface area contributed by atoms with Crippen molar-refractivity contribution in [2.24, 2.45) is 0 Å². The van der Waals surface area contributed by atoms with Crippen molar-refractivity contribution in [1.82, 2.24) is 0 Å². The van der Waals surface area contributed by atoms with Gasteiger partial charge in [-0.2, -0.15) is 13.2 Å². The van der Waals surface area contributed by atoms with Gasteiger partial charge in [0, 0.05) is 12.1 Å². The van der Waals surface area contributed by atoms with E-state index >= 15 is 0 Å². The third kappa shape index (κ3) is 5.01. The Morgan fingerprint density at radius 1 is 1.18 bits per heavy atom. The topological polar surface area (TPSA) is 29.5 Å². The lowest BCUT2D eigenvalue weighted by Crippen LogP contribution is -2.29. The standard InChI is InChI=1S/C21H24F3NO2S/c1-5-15-10-11-19(14(3)12-15)27-13-16-17(21(22,23)24)8-7-9-18(16)25(6-2)20(26)28-4/h7-12H,5-6,13H2,1-4H3. The van der Waals surface area contributed by atoms with Gasteiger partial charge in [0.2, 0.25) is 0 Å². The summed E-state index contributed by atoms with van der Waals surface area (Å²) in [4.78, 5) is 13.6. The third-order valence-electron chi connectivity index (χ3n) is 4.48. The molecule has 0 saturated carbocycles. The zero-order valence-electron chi connectivity index (χ0n) is 16.4. The second kappa shape index (κ2) is 9.37. The van der Waals surface area contributed by atoms with Crippen LogP contribution >= 0.6 is 11.8 Å². The van der Waals surface area contributed by atoms with Crippen LogP contribution < -0.4 is 9.64 Å². The number of carbonyl (C=O) groups is 1. The average molecular weight is 411 g/mol. The van der Waals surface area contributed by atoms with Crippen molar-refractivity contribution in [2.75, 3.05) is 17.7 Å². The largest absolute Gasteiger partial charge is 0.489 e. The molecule has 0 saturated heterocycles. The summed E-state index contributed by atoms with van der Waals surface area (Å²) in [6.07, 6.45) is -2.07. The van der Waals surface area contributed by atoms with Gasteiger partial charge in [0.1, 0.15) is 12.4 Å². The average Bonchev–Trinajstić information content (AvgIpc) is 2.66. The van der Waals surface area contributed by atoms with Crippen molar-refractivity contribution < 1.29 is 22.7 Å². The van der Waals surface area contributed by atoms with Gasteiger partial charge in [-0.3, -0.25) is 4.79 Å². The molecule has 3 nitrogen and oxygen atoms in total. The van der Waals surface area contributed by atoms with Crippen LogP contribution in [-0.2, 0) is 19.2 Å². The fraction of sp³-hybridized carbons (Fsp3) is 0.381. The van der Waals surface area contributed by atoms with Gasteiger partial charge in [-0.05, 0) is 55.9 Å². The van der Waals surface area contributed by atoms with E-state index in [4.69, 9.17) is 4.74 Å². The Hall–Kier alpha value is -2.15. The lowest BCUT2D eigenvalue weighted by molar-refractivity contribution is -0.138. The molecular weight excluding hydrogens is 387 g/mol. The fourth-order valence-corrected chi connectivity index (χ4v) is 3.44. The molecule has 2 aromatic carbocycles. The number of alkyl halides is 3. The van der Waals surface area contributed by atoms with Crippen molar-refractivity contribution in [1.29, 1.82) is 0 Å². The van der Waals surface area contributed by atoms with Crippen LogP contribution in [0.1, 0.15) is 36.1 Å². The van der Waals surface area contributed by atoms with E-state index in [9.17, 15) is 18.0 Å². The molecule has 2 aromatic rings. The number of hydrogen-bond donors (Lipinski definition) is 0. The minimum absolute atomic E-state index is 0.0433. The van der Waals surface area contributed by atoms with Gasteiger partial charge in [-0.1, -0.05) is 36.9 Å². The summed E-state index contributed by atoms with van der Waals surface area (Å²) in [6.45, 7) is 5.60. The summed E-state index contributed by atoms with van der Waals surface area (Å²) in [6, 6.07) is 9.50. The minimum atomic E-state index is -4.54. The molecule has 0 fully saturated rings. The van der Waals surface area contributed by atoms with Gasteiger partial charge in [-0.15, -0.1) is 0 Å². The molecule has 0 N–H and O–H groups in total. The lowest BCUT2D eigenvalue weighted by atomic mass is 10.0. The van der Waals surface area contributed by atoms with E-state index < -0.39 is 11.7 Å². The number of hydrogen-bond acceptors (Lipinski definition) is 3. The number of anilines is 1. The Bertz CT molecular complexity index is 837. The summed E-state index contributed by atoms with van der Waals surface area (Å²) >= 11 is 0.960. The van der Waals surface area contributed by atoms with E-state index in [2.05, 4.69) is 0 Å². The predicted octanol–water partition coefficient (Wildman–Crippen LogP) is 6.46. The number of halogens is 3. The molecule has 0 aliphatic carbocycles. The normalized spacial score (nSPS) is 11.4. The van der Waals surface area contributed by atoms with Crippen molar-refractivity contribution in [3.8, 4) is 5.75 Å². The second-order valence-electron chi connectivity index (χ2n) is 6.26. The molecule has 1 amide bonds. The summed E-state index contributed by atoms with van der Waals surface area (Å²) in [5.74, 6) is 0.527. The van der Waals surface area contributed by atoms with Crippen LogP contribution in [0.15, 0.2) is 36.4 Å². The van der Waals surface area contributed by atoms with Gasteiger partial charge in [0.25, 0.3) is 5.24 Å². The Morgan fingerprint density at radius 2 is 1.89 bits per heavy atom. The Kier molecular flexibility index (Phi) is 7.41. The SMILES string of the molecule is CCc1ccc(OCc2c(N(CC)C(=O)SC)cccc2C(F)(F)F)c(C)c1. The summed E-state index contributed by atoms with van der Waals surface area (Å²) in [5, 5.41) is -0.313. The number of aryl methyl sites for hydroxylation is 2. The molecule has 0 unspecified atom stereocenters. The molecule has 0 aliphatic rings. The van der Waals surface area contributed by atoms with Crippen LogP contribution in [0.4, 0.5) is 23.7 Å². The smallest absolute Gasteiger partial charge is 0.416 e. The predicted molar refractivity (Wildman–Crippen MR) is 108 cm³/mol. The Morgan fingerprint density at radius 3 is 2.43 bits per heavy atom. The maximum Gasteiger partial charge on any atom is 0.416 e. The summed E-state index contributed by atoms with van der Waals surface area (Å²) in [7, 11) is 0. The number of rotatable bonds is 6. The van der Waals surface area contributed by atoms with Crippen molar-refractivity contribution in [2.45, 2.75) is 40.0 Å². The van der Waals surface area contributed by atoms with E-state index in [1.165, 1.54) is 17.0 Å². The monoisotopic (exact) mass is 411 g/mol. The van der Waals surface area contributed by atoms with E-state index in [1.54, 1.807) is 19.2 Å². The molecule has 0 aliphatic heterocycles. The van der Waals surface area contributed by atoms with Crippen LogP contribution in [0.3, 0.4) is 0 Å². The van der Waals surface area contributed by atoms with Crippen LogP contribution in [0, 0.1) is 6.92 Å². The van der Waals surface area contributed by atoms with Crippen LogP contribution in [0.25, 0.3) is 0 Å². The highest BCUT2D eigenvalue weighted by Crippen LogP contribution is 2.37. The number of amides is 1. The lowest BCUT2D eigenvalue weighted by Gasteiger charge is -2.25. The molecular formula is C21H24F3NO2S. The zero-order valence-corrected chi connectivity index (χ0v) is 17.2. The number of ether oxygens (including phenoxy) is 1. The molecule has 152 valence electrons. The molecule has 0 spiro atoms. The van der Waals surface area contributed by atoms with Crippen LogP contribution in [0.5, 0.6) is 5.75 Å². The van der Waals surface area contributed by atoms with Crippen molar-refractivity contribution in [3.05, 3.63) is 58.7 Å². The molecule has 0 heterocycles. The highest BCUT2D eigenvalue weighted by molar-refractivity contribution is 8.13. The summed E-state index contributed by atoms with van der Waals surface area (Å²) < 4.78 is 46.6. The van der Waals surface area contributed by atoms with E-state index in [0.29, 0.717) is 5.75 Å². The number of nitrogens with zero attached hydrogens (tertiary/aromatic N) is 1. The van der Waals surface area contributed by atoms with Gasteiger partial charge >= 0.3 is 6.18 Å². The molecule has 0 bridgehead atoms. The van der Waals surface area contributed by atoms with Crippen molar-refractivity contribution in [3.63, 3.8) is 0 Å². The molecule has 0 radical (unpaired) electrons. The van der Waals surface area contributed by atoms with Gasteiger partial charge in [0.15, 0.2) is 0 Å². The second-order valence-corrected chi connectivity index (χ2v) is 7.01. The van der Waals surface area contributed by atoms with Gasteiger partial charge < -0.3 is 9.64 Å². The maximum absolute atomic E-state index is 13.6. The first-order chi connectivity index (χ1) is 13.2. The first kappa shape index (κ1) is 22.1. The highest BCUT2D eigenvalue weighted by Gasteiger charge is 2.35. The number of carbonyl (C=O) groups excluding carboxylic acids is 1. The Labute approximate surface area is 167 Å². The molecule has 7 heteroatoms. The molecule has 2 rings (SSSR count). The number of benzene rings is 2. The number of thioether (sulfide) groups is 1. The zero-order chi connectivity index (χ0) is 20.9.